The average Bonchev–Trinajstić information content (AvgIpc) is 2.57. The molecule has 0 aliphatic carbocycles. The molecule has 1 amide bonds. The zero-order valence-electron chi connectivity index (χ0n) is 13.7. The van der Waals surface area contributed by atoms with Crippen LogP contribution in [0.3, 0.4) is 0 Å². The van der Waals surface area contributed by atoms with Gasteiger partial charge in [0.2, 0.25) is 15.9 Å². The van der Waals surface area contributed by atoms with Crippen molar-refractivity contribution in [1.82, 2.24) is 10.3 Å². The standard InChI is InChI=1S/C16H16F3N3O3S/c1-26(24,25)22(14-8-3-2-7-13(14)16(17,18)19)11-15(23)21-10-12-6-4-5-9-20-12/h2-9H,10-11H2,1H3,(H,21,23). The number of nitrogens with zero attached hydrogens (tertiary/aromatic N) is 2. The number of nitrogens with one attached hydrogen (secondary N) is 1. The molecule has 0 aliphatic rings. The van der Waals surface area contributed by atoms with Gasteiger partial charge in [0.15, 0.2) is 0 Å². The first kappa shape index (κ1) is 19.7. The van der Waals surface area contributed by atoms with Crippen LogP contribution in [0, 0.1) is 0 Å². The first-order valence-electron chi connectivity index (χ1n) is 7.39. The molecule has 0 bridgehead atoms. The van der Waals surface area contributed by atoms with Crippen LogP contribution < -0.4 is 9.62 Å². The lowest BCUT2D eigenvalue weighted by Crippen LogP contribution is -2.41. The number of sulfonamides is 1. The van der Waals surface area contributed by atoms with Gasteiger partial charge >= 0.3 is 6.18 Å². The lowest BCUT2D eigenvalue weighted by Gasteiger charge is -2.25. The van der Waals surface area contributed by atoms with Gasteiger partial charge in [-0.05, 0) is 24.3 Å². The molecule has 0 atom stereocenters. The van der Waals surface area contributed by atoms with Crippen molar-refractivity contribution < 1.29 is 26.4 Å². The van der Waals surface area contributed by atoms with E-state index in [4.69, 9.17) is 0 Å². The molecule has 10 heteroatoms. The van der Waals surface area contributed by atoms with Gasteiger partial charge < -0.3 is 5.32 Å². The number of aromatic nitrogens is 1. The van der Waals surface area contributed by atoms with Crippen molar-refractivity contribution in [3.8, 4) is 0 Å². The van der Waals surface area contributed by atoms with E-state index < -0.39 is 39.9 Å². The number of halogens is 3. The smallest absolute Gasteiger partial charge is 0.349 e. The van der Waals surface area contributed by atoms with Crippen LogP contribution in [0.5, 0.6) is 0 Å². The minimum Gasteiger partial charge on any atom is -0.349 e. The molecule has 2 rings (SSSR count). The molecular weight excluding hydrogens is 371 g/mol. The highest BCUT2D eigenvalue weighted by Crippen LogP contribution is 2.37. The van der Waals surface area contributed by atoms with E-state index in [2.05, 4.69) is 10.3 Å². The fourth-order valence-electron chi connectivity index (χ4n) is 2.19. The zero-order chi connectivity index (χ0) is 19.4. The van der Waals surface area contributed by atoms with Crippen LogP contribution in [0.25, 0.3) is 0 Å². The van der Waals surface area contributed by atoms with E-state index in [0.29, 0.717) is 10.00 Å². The maximum atomic E-state index is 13.2. The fraction of sp³-hybridized carbons (Fsp3) is 0.250. The molecule has 0 saturated carbocycles. The molecule has 1 aromatic heterocycles. The largest absolute Gasteiger partial charge is 0.418 e. The van der Waals surface area contributed by atoms with Crippen molar-refractivity contribution in [2.45, 2.75) is 12.7 Å². The van der Waals surface area contributed by atoms with Crippen molar-refractivity contribution >= 4 is 21.6 Å². The summed E-state index contributed by atoms with van der Waals surface area (Å²) in [6.07, 6.45) is -2.50. The highest BCUT2D eigenvalue weighted by atomic mass is 32.2. The number of pyridine rings is 1. The number of carbonyl (C=O) groups excluding carboxylic acids is 1. The van der Waals surface area contributed by atoms with Gasteiger partial charge in [0, 0.05) is 6.20 Å². The number of rotatable bonds is 6. The third-order valence-corrected chi connectivity index (χ3v) is 4.48. The highest BCUT2D eigenvalue weighted by molar-refractivity contribution is 7.92. The Bertz CT molecular complexity index is 871. The molecule has 1 N–H and O–H groups in total. The molecule has 26 heavy (non-hydrogen) atoms. The summed E-state index contributed by atoms with van der Waals surface area (Å²) in [5.74, 6) is -0.752. The van der Waals surface area contributed by atoms with E-state index in [1.54, 1.807) is 18.2 Å². The molecule has 0 aliphatic heterocycles. The Labute approximate surface area is 148 Å². The van der Waals surface area contributed by atoms with Gasteiger partial charge in [-0.1, -0.05) is 18.2 Å². The monoisotopic (exact) mass is 387 g/mol. The summed E-state index contributed by atoms with van der Waals surface area (Å²) in [6.45, 7) is -0.753. The van der Waals surface area contributed by atoms with E-state index in [1.807, 2.05) is 0 Å². The number of para-hydroxylation sites is 1. The summed E-state index contributed by atoms with van der Waals surface area (Å²) in [5.41, 5.74) is -1.21. The molecule has 0 spiro atoms. The van der Waals surface area contributed by atoms with Crippen molar-refractivity contribution in [3.63, 3.8) is 0 Å². The number of anilines is 1. The molecule has 140 valence electrons. The predicted molar refractivity (Wildman–Crippen MR) is 89.7 cm³/mol. The summed E-state index contributed by atoms with van der Waals surface area (Å²) in [7, 11) is -4.12. The number of amides is 1. The maximum Gasteiger partial charge on any atom is 0.418 e. The van der Waals surface area contributed by atoms with Crippen LogP contribution in [-0.4, -0.2) is 32.1 Å². The fourth-order valence-corrected chi connectivity index (χ4v) is 3.06. The minimum atomic E-state index is -4.76. The molecule has 0 unspecified atom stereocenters. The number of hydrogen-bond acceptors (Lipinski definition) is 4. The third-order valence-electron chi connectivity index (χ3n) is 3.36. The summed E-state index contributed by atoms with van der Waals surface area (Å²) < 4.78 is 63.9. The molecule has 2 aromatic rings. The lowest BCUT2D eigenvalue weighted by molar-refractivity contribution is -0.137. The Morgan fingerprint density at radius 3 is 2.38 bits per heavy atom. The van der Waals surface area contributed by atoms with Crippen LogP contribution in [0.1, 0.15) is 11.3 Å². The lowest BCUT2D eigenvalue weighted by atomic mass is 10.1. The Balaban J connectivity index is 2.23. The van der Waals surface area contributed by atoms with E-state index in [-0.39, 0.29) is 6.54 Å². The Hall–Kier alpha value is -2.62. The molecule has 1 heterocycles. The second-order valence-corrected chi connectivity index (χ2v) is 7.29. The van der Waals surface area contributed by atoms with Crippen molar-refractivity contribution in [2.24, 2.45) is 0 Å². The zero-order valence-corrected chi connectivity index (χ0v) is 14.5. The molecular formula is C16H16F3N3O3S. The minimum absolute atomic E-state index is 0.0260. The summed E-state index contributed by atoms with van der Waals surface area (Å²) in [6, 6.07) is 9.23. The molecule has 0 fully saturated rings. The number of benzene rings is 1. The van der Waals surface area contributed by atoms with Crippen LogP contribution in [-0.2, 0) is 27.5 Å². The number of hydrogen-bond donors (Lipinski definition) is 1. The summed E-state index contributed by atoms with van der Waals surface area (Å²) >= 11 is 0. The number of carbonyl (C=O) groups is 1. The van der Waals surface area contributed by atoms with Crippen LogP contribution in [0.15, 0.2) is 48.7 Å². The summed E-state index contributed by atoms with van der Waals surface area (Å²) in [5, 5.41) is 2.44. The maximum absolute atomic E-state index is 13.2. The first-order chi connectivity index (χ1) is 12.1. The van der Waals surface area contributed by atoms with E-state index in [9.17, 15) is 26.4 Å². The van der Waals surface area contributed by atoms with E-state index >= 15 is 0 Å². The van der Waals surface area contributed by atoms with Gasteiger partial charge in [0.05, 0.1) is 29.7 Å². The SMILES string of the molecule is CS(=O)(=O)N(CC(=O)NCc1ccccn1)c1ccccc1C(F)(F)F. The average molecular weight is 387 g/mol. The van der Waals surface area contributed by atoms with E-state index in [0.717, 1.165) is 24.5 Å². The molecule has 0 radical (unpaired) electrons. The predicted octanol–water partition coefficient (Wildman–Crippen LogP) is 2.18. The van der Waals surface area contributed by atoms with Crippen molar-refractivity contribution in [2.75, 3.05) is 17.1 Å². The first-order valence-corrected chi connectivity index (χ1v) is 9.24. The second-order valence-electron chi connectivity index (χ2n) is 5.38. The van der Waals surface area contributed by atoms with Gasteiger partial charge in [-0.15, -0.1) is 0 Å². The van der Waals surface area contributed by atoms with Crippen LogP contribution in [0.2, 0.25) is 0 Å². The topological polar surface area (TPSA) is 79.4 Å². The Morgan fingerprint density at radius 1 is 1.15 bits per heavy atom. The van der Waals surface area contributed by atoms with Gasteiger partial charge in [-0.25, -0.2) is 8.42 Å². The van der Waals surface area contributed by atoms with Crippen molar-refractivity contribution in [1.29, 1.82) is 0 Å². The van der Waals surface area contributed by atoms with Crippen LogP contribution >= 0.6 is 0 Å². The normalized spacial score (nSPS) is 11.8. The summed E-state index contributed by atoms with van der Waals surface area (Å²) in [4.78, 5) is 16.1. The molecule has 0 saturated heterocycles. The Kier molecular flexibility index (Phi) is 5.86. The molecule has 1 aromatic carbocycles. The second kappa shape index (κ2) is 7.73. The van der Waals surface area contributed by atoms with Gasteiger partial charge in [0.1, 0.15) is 6.54 Å². The number of alkyl halides is 3. The van der Waals surface area contributed by atoms with Gasteiger partial charge in [0.25, 0.3) is 0 Å². The van der Waals surface area contributed by atoms with E-state index in [1.165, 1.54) is 12.3 Å². The van der Waals surface area contributed by atoms with Gasteiger partial charge in [-0.3, -0.25) is 14.1 Å². The molecule has 6 nitrogen and oxygen atoms in total. The quantitative estimate of drug-likeness (QED) is 0.824. The Morgan fingerprint density at radius 2 is 1.81 bits per heavy atom. The third kappa shape index (κ3) is 5.19. The van der Waals surface area contributed by atoms with Crippen LogP contribution in [0.4, 0.5) is 18.9 Å². The van der Waals surface area contributed by atoms with Crippen molar-refractivity contribution in [3.05, 3.63) is 59.9 Å². The highest BCUT2D eigenvalue weighted by Gasteiger charge is 2.36. The van der Waals surface area contributed by atoms with Gasteiger partial charge in [-0.2, -0.15) is 13.2 Å².